The van der Waals surface area contributed by atoms with Crippen LogP contribution in [0.1, 0.15) is 66.7 Å². The first-order valence-electron chi connectivity index (χ1n) is 5.73. The van der Waals surface area contributed by atoms with E-state index in [-0.39, 0.29) is 0 Å². The van der Waals surface area contributed by atoms with Crippen molar-refractivity contribution in [1.82, 2.24) is 0 Å². The molecule has 0 amide bonds. The van der Waals surface area contributed by atoms with Crippen LogP contribution in [-0.4, -0.2) is 0 Å². The standard InChI is InChI=1S/C13H26/c1-6-7-8-9-10-12(4)13(5)11(2)3/h12H,6-10H2,1-5H3. The maximum atomic E-state index is 2.36. The van der Waals surface area contributed by atoms with Crippen LogP contribution in [0.3, 0.4) is 0 Å². The molecule has 0 aromatic rings. The van der Waals surface area contributed by atoms with Crippen molar-refractivity contribution in [3.63, 3.8) is 0 Å². The molecule has 0 aromatic heterocycles. The van der Waals surface area contributed by atoms with Crippen LogP contribution in [0.25, 0.3) is 0 Å². The largest absolute Gasteiger partial charge is 0.0772 e. The Bertz CT molecular complexity index is 149. The van der Waals surface area contributed by atoms with Crippen LogP contribution in [0.5, 0.6) is 0 Å². The summed E-state index contributed by atoms with van der Waals surface area (Å²) in [5.74, 6) is 0.793. The van der Waals surface area contributed by atoms with E-state index in [9.17, 15) is 0 Å². The summed E-state index contributed by atoms with van der Waals surface area (Å²) in [7, 11) is 0. The first-order chi connectivity index (χ1) is 6.09. The molecule has 0 saturated heterocycles. The zero-order chi connectivity index (χ0) is 10.3. The van der Waals surface area contributed by atoms with Crippen molar-refractivity contribution < 1.29 is 0 Å². The number of hydrogen-bond donors (Lipinski definition) is 0. The maximum Gasteiger partial charge on any atom is -0.0232 e. The van der Waals surface area contributed by atoms with E-state index in [1.165, 1.54) is 37.7 Å². The number of unbranched alkanes of at least 4 members (excludes halogenated alkanes) is 3. The van der Waals surface area contributed by atoms with E-state index in [2.05, 4.69) is 34.6 Å². The molecule has 0 heteroatoms. The number of allylic oxidation sites excluding steroid dienone is 2. The average molecular weight is 182 g/mol. The molecule has 13 heavy (non-hydrogen) atoms. The van der Waals surface area contributed by atoms with Crippen molar-refractivity contribution in [3.8, 4) is 0 Å². The monoisotopic (exact) mass is 182 g/mol. The van der Waals surface area contributed by atoms with Gasteiger partial charge in [-0.2, -0.15) is 0 Å². The molecule has 0 aliphatic carbocycles. The Kier molecular flexibility index (Phi) is 7.03. The van der Waals surface area contributed by atoms with Crippen molar-refractivity contribution in [3.05, 3.63) is 11.1 Å². The Morgan fingerprint density at radius 2 is 1.62 bits per heavy atom. The summed E-state index contributed by atoms with van der Waals surface area (Å²) in [6.45, 7) is 11.3. The van der Waals surface area contributed by atoms with Gasteiger partial charge in [-0.15, -0.1) is 0 Å². The lowest BCUT2D eigenvalue weighted by Gasteiger charge is -2.13. The van der Waals surface area contributed by atoms with Gasteiger partial charge in [0, 0.05) is 0 Å². The summed E-state index contributed by atoms with van der Waals surface area (Å²) in [6, 6.07) is 0. The van der Waals surface area contributed by atoms with E-state index in [4.69, 9.17) is 0 Å². The Labute approximate surface area is 84.4 Å². The van der Waals surface area contributed by atoms with Crippen molar-refractivity contribution >= 4 is 0 Å². The smallest absolute Gasteiger partial charge is 0.0232 e. The molecular weight excluding hydrogens is 156 g/mol. The lowest BCUT2D eigenvalue weighted by atomic mass is 9.93. The van der Waals surface area contributed by atoms with E-state index in [1.807, 2.05) is 0 Å². The minimum absolute atomic E-state index is 0.793. The lowest BCUT2D eigenvalue weighted by Crippen LogP contribution is -1.98. The SMILES string of the molecule is CCCCCCC(C)C(C)=C(C)C. The molecule has 0 nitrogen and oxygen atoms in total. The molecule has 0 aliphatic rings. The third-order valence-corrected chi connectivity index (χ3v) is 3.02. The van der Waals surface area contributed by atoms with Gasteiger partial charge < -0.3 is 0 Å². The fourth-order valence-corrected chi connectivity index (χ4v) is 1.59. The Morgan fingerprint density at radius 1 is 1.00 bits per heavy atom. The van der Waals surface area contributed by atoms with Crippen LogP contribution < -0.4 is 0 Å². The third-order valence-electron chi connectivity index (χ3n) is 3.02. The summed E-state index contributed by atoms with van der Waals surface area (Å²) in [4.78, 5) is 0. The van der Waals surface area contributed by atoms with E-state index < -0.39 is 0 Å². The minimum atomic E-state index is 0.793. The van der Waals surface area contributed by atoms with Gasteiger partial charge in [-0.1, -0.05) is 50.7 Å². The third kappa shape index (κ3) is 5.90. The summed E-state index contributed by atoms with van der Waals surface area (Å²) < 4.78 is 0. The van der Waals surface area contributed by atoms with Crippen molar-refractivity contribution in [2.45, 2.75) is 66.7 Å². The van der Waals surface area contributed by atoms with Gasteiger partial charge in [-0.05, 0) is 33.1 Å². The van der Waals surface area contributed by atoms with Crippen molar-refractivity contribution in [1.29, 1.82) is 0 Å². The molecule has 0 rings (SSSR count). The van der Waals surface area contributed by atoms with Crippen molar-refractivity contribution in [2.24, 2.45) is 5.92 Å². The predicted octanol–water partition coefficient (Wildman–Crippen LogP) is 4.95. The summed E-state index contributed by atoms with van der Waals surface area (Å²) in [5, 5.41) is 0. The first-order valence-corrected chi connectivity index (χ1v) is 5.73. The summed E-state index contributed by atoms with van der Waals surface area (Å²) in [6.07, 6.45) is 6.93. The molecule has 0 bridgehead atoms. The molecule has 0 aromatic carbocycles. The van der Waals surface area contributed by atoms with E-state index in [0.29, 0.717) is 0 Å². The second kappa shape index (κ2) is 7.17. The maximum absolute atomic E-state index is 2.36. The van der Waals surface area contributed by atoms with Crippen LogP contribution in [0.15, 0.2) is 11.1 Å². The quantitative estimate of drug-likeness (QED) is 0.403. The highest BCUT2D eigenvalue weighted by Gasteiger charge is 2.04. The van der Waals surface area contributed by atoms with Gasteiger partial charge in [0.1, 0.15) is 0 Å². The highest BCUT2D eigenvalue weighted by Crippen LogP contribution is 2.20. The Hall–Kier alpha value is -0.260. The van der Waals surface area contributed by atoms with Gasteiger partial charge in [0.15, 0.2) is 0 Å². The normalized spacial score (nSPS) is 12.7. The van der Waals surface area contributed by atoms with E-state index in [1.54, 1.807) is 5.57 Å². The molecule has 0 saturated carbocycles. The Morgan fingerprint density at radius 3 is 2.08 bits per heavy atom. The average Bonchev–Trinajstić information content (AvgIpc) is 2.10. The van der Waals surface area contributed by atoms with Gasteiger partial charge in [-0.25, -0.2) is 0 Å². The van der Waals surface area contributed by atoms with Gasteiger partial charge in [0.05, 0.1) is 0 Å². The van der Waals surface area contributed by atoms with Crippen LogP contribution in [0.2, 0.25) is 0 Å². The first kappa shape index (κ1) is 12.7. The zero-order valence-electron chi connectivity index (χ0n) is 10.1. The minimum Gasteiger partial charge on any atom is -0.0772 e. The van der Waals surface area contributed by atoms with E-state index in [0.717, 1.165) is 5.92 Å². The van der Waals surface area contributed by atoms with Crippen LogP contribution in [0, 0.1) is 5.92 Å². The van der Waals surface area contributed by atoms with Gasteiger partial charge in [-0.3, -0.25) is 0 Å². The van der Waals surface area contributed by atoms with Crippen LogP contribution >= 0.6 is 0 Å². The number of rotatable bonds is 6. The number of hydrogen-bond acceptors (Lipinski definition) is 0. The fraction of sp³-hybridized carbons (Fsp3) is 0.846. The zero-order valence-corrected chi connectivity index (χ0v) is 10.1. The molecule has 0 radical (unpaired) electrons. The molecule has 0 heterocycles. The highest BCUT2D eigenvalue weighted by molar-refractivity contribution is 5.09. The fourth-order valence-electron chi connectivity index (χ4n) is 1.59. The summed E-state index contributed by atoms with van der Waals surface area (Å²) >= 11 is 0. The molecule has 0 fully saturated rings. The Balaban J connectivity index is 3.63. The van der Waals surface area contributed by atoms with Crippen LogP contribution in [-0.2, 0) is 0 Å². The molecule has 1 unspecified atom stereocenters. The van der Waals surface area contributed by atoms with Crippen molar-refractivity contribution in [2.75, 3.05) is 0 Å². The molecule has 0 spiro atoms. The second-order valence-corrected chi connectivity index (χ2v) is 4.43. The molecule has 0 N–H and O–H groups in total. The lowest BCUT2D eigenvalue weighted by molar-refractivity contribution is 0.539. The second-order valence-electron chi connectivity index (χ2n) is 4.43. The predicted molar refractivity (Wildman–Crippen MR) is 62.0 cm³/mol. The van der Waals surface area contributed by atoms with Gasteiger partial charge in [0.25, 0.3) is 0 Å². The van der Waals surface area contributed by atoms with Gasteiger partial charge in [0.2, 0.25) is 0 Å². The summed E-state index contributed by atoms with van der Waals surface area (Å²) in [5.41, 5.74) is 3.10. The molecule has 1 atom stereocenters. The molecule has 0 aliphatic heterocycles. The highest BCUT2D eigenvalue weighted by atomic mass is 14.1. The topological polar surface area (TPSA) is 0 Å². The van der Waals surface area contributed by atoms with Crippen LogP contribution in [0.4, 0.5) is 0 Å². The molecule has 78 valence electrons. The molecular formula is C13H26. The van der Waals surface area contributed by atoms with E-state index >= 15 is 0 Å². The van der Waals surface area contributed by atoms with Gasteiger partial charge >= 0.3 is 0 Å².